The number of hydrogen-bond acceptors (Lipinski definition) is 4. The summed E-state index contributed by atoms with van der Waals surface area (Å²) >= 11 is 0. The van der Waals surface area contributed by atoms with Crippen LogP contribution in [-0.2, 0) is 22.0 Å². The molecule has 0 saturated carbocycles. The van der Waals surface area contributed by atoms with Crippen LogP contribution in [0.4, 0.5) is 0 Å². The Kier molecular flexibility index (Phi) is 4.36. The van der Waals surface area contributed by atoms with E-state index in [0.717, 1.165) is 29.7 Å². The zero-order chi connectivity index (χ0) is 14.8. The Morgan fingerprint density at radius 3 is 2.85 bits per heavy atom. The van der Waals surface area contributed by atoms with Gasteiger partial charge in [0, 0.05) is 6.54 Å². The molecule has 1 aliphatic carbocycles. The van der Waals surface area contributed by atoms with Gasteiger partial charge in [-0.25, -0.2) is 13.1 Å². The van der Waals surface area contributed by atoms with Gasteiger partial charge in [0.25, 0.3) is 0 Å². The van der Waals surface area contributed by atoms with Gasteiger partial charge in [-0.1, -0.05) is 6.07 Å². The van der Waals surface area contributed by atoms with Gasteiger partial charge in [0.15, 0.2) is 0 Å². The van der Waals surface area contributed by atoms with E-state index in [2.05, 4.69) is 4.72 Å². The van der Waals surface area contributed by atoms with Crippen LogP contribution < -0.4 is 9.46 Å². The van der Waals surface area contributed by atoms with Crippen LogP contribution in [0.25, 0.3) is 0 Å². The summed E-state index contributed by atoms with van der Waals surface area (Å²) in [4.78, 5) is 0. The zero-order valence-corrected chi connectivity index (χ0v) is 12.7. The van der Waals surface area contributed by atoms with Crippen molar-refractivity contribution in [1.29, 1.82) is 0 Å². The Balaban J connectivity index is 2.26. The summed E-state index contributed by atoms with van der Waals surface area (Å²) in [7, 11) is -1.70. The second kappa shape index (κ2) is 5.71. The molecule has 2 N–H and O–H groups in total. The molecule has 0 unspecified atom stereocenters. The molecule has 0 amide bonds. The Morgan fingerprint density at radius 2 is 2.20 bits per heavy atom. The van der Waals surface area contributed by atoms with Crippen LogP contribution >= 0.6 is 0 Å². The summed E-state index contributed by atoms with van der Waals surface area (Å²) in [6.07, 6.45) is 2.25. The fourth-order valence-corrected chi connectivity index (χ4v) is 3.24. The van der Waals surface area contributed by atoms with Crippen molar-refractivity contribution >= 4 is 10.0 Å². The van der Waals surface area contributed by atoms with E-state index >= 15 is 0 Å². The van der Waals surface area contributed by atoms with Crippen LogP contribution in [0.15, 0.2) is 18.2 Å². The van der Waals surface area contributed by atoms with E-state index in [1.807, 2.05) is 12.1 Å². The maximum absolute atomic E-state index is 11.6. The van der Waals surface area contributed by atoms with Gasteiger partial charge in [-0.15, -0.1) is 0 Å². The summed E-state index contributed by atoms with van der Waals surface area (Å²) in [5, 5.41) is 10.8. The van der Waals surface area contributed by atoms with Crippen molar-refractivity contribution in [3.05, 3.63) is 29.3 Å². The Bertz CT molecular complexity index is 585. The summed E-state index contributed by atoms with van der Waals surface area (Å²) in [5.41, 5.74) is 0.680. The first-order chi connectivity index (χ1) is 9.40. The Morgan fingerprint density at radius 1 is 1.45 bits per heavy atom. The highest BCUT2D eigenvalue weighted by Gasteiger charge is 2.35. The summed E-state index contributed by atoms with van der Waals surface area (Å²) in [5.74, 6) is 0.764. The monoisotopic (exact) mass is 299 g/mol. The van der Waals surface area contributed by atoms with E-state index in [9.17, 15) is 13.5 Å². The average molecular weight is 299 g/mol. The molecule has 2 rings (SSSR count). The van der Waals surface area contributed by atoms with Gasteiger partial charge in [-0.2, -0.15) is 0 Å². The number of aliphatic hydroxyl groups is 1. The van der Waals surface area contributed by atoms with E-state index in [1.54, 1.807) is 20.1 Å². The quantitative estimate of drug-likeness (QED) is 0.855. The standard InChI is InChI=1S/C14H21NO4S/c1-3-20(17,18)15-10-14(16)8-4-5-11-9-12(19-2)6-7-13(11)14/h6-7,9,15-16H,3-5,8,10H2,1-2H3/t14-/m1/s1. The molecule has 0 spiro atoms. The van der Waals surface area contributed by atoms with Gasteiger partial charge < -0.3 is 9.84 Å². The van der Waals surface area contributed by atoms with E-state index in [1.165, 1.54) is 0 Å². The number of aryl methyl sites for hydroxylation is 1. The van der Waals surface area contributed by atoms with Crippen molar-refractivity contribution in [2.24, 2.45) is 0 Å². The molecule has 0 saturated heterocycles. The van der Waals surface area contributed by atoms with Crippen molar-refractivity contribution in [3.63, 3.8) is 0 Å². The molecule has 1 aromatic carbocycles. The summed E-state index contributed by atoms with van der Waals surface area (Å²) in [6, 6.07) is 5.53. The first-order valence-electron chi connectivity index (χ1n) is 6.77. The second-order valence-corrected chi connectivity index (χ2v) is 7.23. The SMILES string of the molecule is CCS(=O)(=O)NC[C@]1(O)CCCc2cc(OC)ccc21. The number of nitrogens with one attached hydrogen (secondary N) is 1. The summed E-state index contributed by atoms with van der Waals surface area (Å²) in [6.45, 7) is 1.59. The maximum Gasteiger partial charge on any atom is 0.211 e. The third-order valence-electron chi connectivity index (χ3n) is 3.81. The maximum atomic E-state index is 11.6. The van der Waals surface area contributed by atoms with Crippen molar-refractivity contribution < 1.29 is 18.3 Å². The highest BCUT2D eigenvalue weighted by Crippen LogP contribution is 2.36. The predicted octanol–water partition coefficient (Wildman–Crippen LogP) is 1.16. The second-order valence-electron chi connectivity index (χ2n) is 5.13. The fraction of sp³-hybridized carbons (Fsp3) is 0.571. The minimum absolute atomic E-state index is 0.0125. The largest absolute Gasteiger partial charge is 0.497 e. The lowest BCUT2D eigenvalue weighted by molar-refractivity contribution is 0.0242. The van der Waals surface area contributed by atoms with Crippen LogP contribution in [-0.4, -0.2) is 32.9 Å². The molecule has 0 fully saturated rings. The molecule has 1 aliphatic rings. The first-order valence-corrected chi connectivity index (χ1v) is 8.42. The molecule has 0 radical (unpaired) electrons. The van der Waals surface area contributed by atoms with Crippen molar-refractivity contribution in [1.82, 2.24) is 4.72 Å². The normalized spacial score (nSPS) is 22.4. The van der Waals surface area contributed by atoms with E-state index in [-0.39, 0.29) is 12.3 Å². The minimum atomic E-state index is -3.31. The smallest absolute Gasteiger partial charge is 0.211 e. The van der Waals surface area contributed by atoms with Gasteiger partial charge in [0.05, 0.1) is 12.9 Å². The van der Waals surface area contributed by atoms with Crippen LogP contribution in [0.5, 0.6) is 5.75 Å². The highest BCUT2D eigenvalue weighted by molar-refractivity contribution is 7.89. The van der Waals surface area contributed by atoms with Crippen LogP contribution in [0.2, 0.25) is 0 Å². The number of benzene rings is 1. The minimum Gasteiger partial charge on any atom is -0.497 e. The van der Waals surface area contributed by atoms with Crippen molar-refractivity contribution in [2.45, 2.75) is 31.8 Å². The molecular weight excluding hydrogens is 278 g/mol. The van der Waals surface area contributed by atoms with Gasteiger partial charge in [0.1, 0.15) is 11.4 Å². The molecule has 0 heterocycles. The van der Waals surface area contributed by atoms with Gasteiger partial charge >= 0.3 is 0 Å². The Hall–Kier alpha value is -1.11. The number of sulfonamides is 1. The Labute approximate surface area is 120 Å². The third kappa shape index (κ3) is 3.13. The highest BCUT2D eigenvalue weighted by atomic mass is 32.2. The first kappa shape index (κ1) is 15.3. The molecule has 5 nitrogen and oxygen atoms in total. The number of methoxy groups -OCH3 is 1. The lowest BCUT2D eigenvalue weighted by Gasteiger charge is -2.34. The van der Waals surface area contributed by atoms with Gasteiger partial charge in [-0.3, -0.25) is 0 Å². The average Bonchev–Trinajstić information content (AvgIpc) is 2.45. The van der Waals surface area contributed by atoms with E-state index < -0.39 is 15.6 Å². The molecule has 1 atom stereocenters. The topological polar surface area (TPSA) is 75.6 Å². The number of rotatable bonds is 5. The lowest BCUT2D eigenvalue weighted by Crippen LogP contribution is -2.43. The molecule has 1 aromatic rings. The van der Waals surface area contributed by atoms with Crippen LogP contribution in [0.1, 0.15) is 30.9 Å². The molecular formula is C14H21NO4S. The number of hydrogen-bond donors (Lipinski definition) is 2. The lowest BCUT2D eigenvalue weighted by atomic mass is 9.79. The molecule has 0 aromatic heterocycles. The van der Waals surface area contributed by atoms with Crippen molar-refractivity contribution in [2.75, 3.05) is 19.4 Å². The molecule has 20 heavy (non-hydrogen) atoms. The molecule has 0 aliphatic heterocycles. The van der Waals surface area contributed by atoms with Crippen LogP contribution in [0, 0.1) is 0 Å². The molecule has 112 valence electrons. The van der Waals surface area contributed by atoms with Gasteiger partial charge in [0.2, 0.25) is 10.0 Å². The number of fused-ring (bicyclic) bond motifs is 1. The molecule has 6 heteroatoms. The van der Waals surface area contributed by atoms with Crippen molar-refractivity contribution in [3.8, 4) is 5.75 Å². The fourth-order valence-electron chi connectivity index (χ4n) is 2.58. The number of ether oxygens (including phenoxy) is 1. The molecule has 0 bridgehead atoms. The summed E-state index contributed by atoms with van der Waals surface area (Å²) < 4.78 is 30.8. The van der Waals surface area contributed by atoms with E-state index in [4.69, 9.17) is 4.74 Å². The third-order valence-corrected chi connectivity index (χ3v) is 5.16. The zero-order valence-electron chi connectivity index (χ0n) is 11.8. The van der Waals surface area contributed by atoms with E-state index in [0.29, 0.717) is 6.42 Å². The predicted molar refractivity (Wildman–Crippen MR) is 77.3 cm³/mol. The van der Waals surface area contributed by atoms with Crippen LogP contribution in [0.3, 0.4) is 0 Å². The van der Waals surface area contributed by atoms with Gasteiger partial charge in [-0.05, 0) is 49.4 Å².